The van der Waals surface area contributed by atoms with Crippen LogP contribution in [-0.4, -0.2) is 38.8 Å². The number of carbonyl (C=O) groups excluding carboxylic acids is 2. The van der Waals surface area contributed by atoms with Crippen LogP contribution in [0, 0.1) is 5.82 Å². The Bertz CT molecular complexity index is 1980. The molecule has 0 bridgehead atoms. The fourth-order valence-electron chi connectivity index (χ4n) is 4.69. The summed E-state index contributed by atoms with van der Waals surface area (Å²) in [5, 5.41) is 13.4. The van der Waals surface area contributed by atoms with Crippen molar-refractivity contribution >= 4 is 63.1 Å². The van der Waals surface area contributed by atoms with Gasteiger partial charge in [0.05, 0.1) is 28.2 Å². The molecular weight excluding hydrogens is 579 g/mol. The van der Waals surface area contributed by atoms with E-state index in [0.29, 0.717) is 38.7 Å². The lowest BCUT2D eigenvalue weighted by Crippen LogP contribution is -2.31. The molecule has 8 nitrogen and oxygen atoms in total. The summed E-state index contributed by atoms with van der Waals surface area (Å²) < 4.78 is 14.3. The maximum absolute atomic E-state index is 14.3. The van der Waals surface area contributed by atoms with Crippen LogP contribution in [0.4, 0.5) is 15.8 Å². The van der Waals surface area contributed by atoms with Gasteiger partial charge >= 0.3 is 5.97 Å². The van der Waals surface area contributed by atoms with E-state index in [2.05, 4.69) is 15.3 Å². The molecule has 0 saturated carbocycles. The topological polar surface area (TPSA) is 112 Å². The van der Waals surface area contributed by atoms with Gasteiger partial charge in [-0.1, -0.05) is 78.5 Å². The molecule has 0 radical (unpaired) electrons. The van der Waals surface area contributed by atoms with E-state index < -0.39 is 17.7 Å². The van der Waals surface area contributed by atoms with E-state index in [4.69, 9.17) is 0 Å². The molecule has 0 atom stereocenters. The number of nitrogens with one attached hydrogen (secondary N) is 1. The smallest absolute Gasteiger partial charge is 0.336 e. The summed E-state index contributed by atoms with van der Waals surface area (Å²) in [6.07, 6.45) is 1.40. The van der Waals surface area contributed by atoms with Gasteiger partial charge in [-0.15, -0.1) is 0 Å². The van der Waals surface area contributed by atoms with Crippen LogP contribution in [0.3, 0.4) is 0 Å². The summed E-state index contributed by atoms with van der Waals surface area (Å²) in [7, 11) is 0. The number of carboxylic acid groups (broad SMARTS) is 1. The number of fused-ring (bicyclic) bond motifs is 1. The van der Waals surface area contributed by atoms with E-state index in [1.54, 1.807) is 91.0 Å². The van der Waals surface area contributed by atoms with Gasteiger partial charge in [0.1, 0.15) is 11.5 Å². The fourth-order valence-corrected chi connectivity index (χ4v) is 5.50. The average molecular weight is 603 g/mol. The highest BCUT2D eigenvalue weighted by Crippen LogP contribution is 2.30. The molecule has 0 unspecified atom stereocenters. The second-order valence-corrected chi connectivity index (χ2v) is 10.7. The normalized spacial score (nSPS) is 13.8. The van der Waals surface area contributed by atoms with Crippen LogP contribution in [-0.2, 0) is 9.59 Å². The molecule has 216 valence electrons. The Morgan fingerprint density at radius 1 is 0.909 bits per heavy atom. The van der Waals surface area contributed by atoms with Crippen LogP contribution in [0.1, 0.15) is 15.9 Å². The highest BCUT2D eigenvalue weighted by Gasteiger charge is 2.32. The molecule has 1 aromatic heterocycles. The van der Waals surface area contributed by atoms with Crippen LogP contribution in [0.2, 0.25) is 0 Å². The standard InChI is InChI=1S/C34H23FN4O4S/c35-27-12-6-4-8-22(27)18-30-32(41)39(24-9-2-1-3-10-24)34(38-30)44-20-31(40)36-23-16-14-21(15-17-23)29-19-26(33(42)43)25-11-5-7-13-28(25)37-29/h1-19H,20H2,(H,36,40)(H,42,43)/b30-18-. The van der Waals surface area contributed by atoms with Gasteiger partial charge in [-0.25, -0.2) is 19.2 Å². The molecule has 1 aliphatic rings. The Morgan fingerprint density at radius 2 is 1.61 bits per heavy atom. The Hall–Kier alpha value is -5.61. The molecule has 2 heterocycles. The largest absolute Gasteiger partial charge is 0.478 e. The number of benzene rings is 4. The predicted molar refractivity (Wildman–Crippen MR) is 171 cm³/mol. The number of aliphatic imine (C=N–C) groups is 1. The molecule has 0 fully saturated rings. The summed E-state index contributed by atoms with van der Waals surface area (Å²) >= 11 is 1.08. The number of pyridine rings is 1. The summed E-state index contributed by atoms with van der Waals surface area (Å²) in [6, 6.07) is 30.5. The first-order chi connectivity index (χ1) is 21.4. The fraction of sp³-hybridized carbons (Fsp3) is 0.0294. The molecule has 1 aliphatic heterocycles. The van der Waals surface area contributed by atoms with Crippen molar-refractivity contribution in [1.29, 1.82) is 0 Å². The number of hydrogen-bond donors (Lipinski definition) is 2. The zero-order chi connectivity index (χ0) is 30.6. The van der Waals surface area contributed by atoms with E-state index in [-0.39, 0.29) is 28.5 Å². The minimum atomic E-state index is -1.04. The molecule has 2 amide bonds. The molecule has 4 aromatic carbocycles. The number of anilines is 2. The number of carboxylic acids is 1. The molecular formula is C34H23FN4O4S. The maximum atomic E-state index is 14.3. The van der Waals surface area contributed by atoms with E-state index in [9.17, 15) is 23.9 Å². The minimum absolute atomic E-state index is 0.0433. The van der Waals surface area contributed by atoms with Gasteiger partial charge in [0, 0.05) is 22.2 Å². The van der Waals surface area contributed by atoms with Crippen molar-refractivity contribution in [1.82, 2.24) is 4.98 Å². The third kappa shape index (κ3) is 5.97. The second kappa shape index (κ2) is 12.3. The number of aromatic nitrogens is 1. The summed E-state index contributed by atoms with van der Waals surface area (Å²) in [5.74, 6) is -2.31. The lowest BCUT2D eigenvalue weighted by Gasteiger charge is -2.17. The number of halogens is 1. The average Bonchev–Trinajstić information content (AvgIpc) is 3.35. The summed E-state index contributed by atoms with van der Waals surface area (Å²) in [6.45, 7) is 0. The zero-order valence-electron chi connectivity index (χ0n) is 23.0. The molecule has 0 spiro atoms. The number of carbonyl (C=O) groups is 3. The molecule has 0 saturated heterocycles. The van der Waals surface area contributed by atoms with Gasteiger partial charge in [-0.3, -0.25) is 14.5 Å². The first-order valence-electron chi connectivity index (χ1n) is 13.5. The predicted octanol–water partition coefficient (Wildman–Crippen LogP) is 6.85. The number of nitrogens with zero attached hydrogens (tertiary/aromatic N) is 3. The lowest BCUT2D eigenvalue weighted by molar-refractivity contribution is -0.114. The highest BCUT2D eigenvalue weighted by atomic mass is 32.2. The van der Waals surface area contributed by atoms with Crippen LogP contribution in [0.25, 0.3) is 28.2 Å². The third-order valence-corrected chi connectivity index (χ3v) is 7.72. The van der Waals surface area contributed by atoms with Crippen molar-refractivity contribution < 1.29 is 23.9 Å². The zero-order valence-corrected chi connectivity index (χ0v) is 23.8. The van der Waals surface area contributed by atoms with Gasteiger partial charge in [0.2, 0.25) is 5.91 Å². The number of rotatable bonds is 7. The third-order valence-electron chi connectivity index (χ3n) is 6.78. The molecule has 2 N–H and O–H groups in total. The molecule has 5 aromatic rings. The van der Waals surface area contributed by atoms with Crippen LogP contribution < -0.4 is 10.2 Å². The Labute approximate surface area is 255 Å². The van der Waals surface area contributed by atoms with E-state index in [0.717, 1.165) is 11.8 Å². The van der Waals surface area contributed by atoms with Crippen molar-refractivity contribution in [3.05, 3.63) is 132 Å². The van der Waals surface area contributed by atoms with E-state index >= 15 is 0 Å². The van der Waals surface area contributed by atoms with Crippen molar-refractivity contribution in [2.24, 2.45) is 4.99 Å². The molecule has 6 rings (SSSR count). The SMILES string of the molecule is O=C(CSC1=N/C(=C\c2ccccc2F)C(=O)N1c1ccccc1)Nc1ccc(-c2cc(C(=O)O)c3ccccc3n2)cc1. The van der Waals surface area contributed by atoms with Gasteiger partial charge in [-0.05, 0) is 48.5 Å². The number of para-hydroxylation sites is 2. The van der Waals surface area contributed by atoms with Gasteiger partial charge < -0.3 is 10.4 Å². The number of hydrogen-bond acceptors (Lipinski definition) is 6. The first-order valence-corrected chi connectivity index (χ1v) is 14.5. The number of amides is 2. The number of aromatic carboxylic acids is 1. The van der Waals surface area contributed by atoms with Crippen LogP contribution in [0.15, 0.2) is 120 Å². The van der Waals surface area contributed by atoms with Crippen molar-refractivity contribution in [3.63, 3.8) is 0 Å². The van der Waals surface area contributed by atoms with Crippen molar-refractivity contribution in [3.8, 4) is 11.3 Å². The molecule has 0 aliphatic carbocycles. The van der Waals surface area contributed by atoms with Gasteiger partial charge in [0.15, 0.2) is 5.17 Å². The molecule has 44 heavy (non-hydrogen) atoms. The maximum Gasteiger partial charge on any atom is 0.336 e. The van der Waals surface area contributed by atoms with E-state index in [1.165, 1.54) is 23.1 Å². The Balaban J connectivity index is 1.18. The summed E-state index contributed by atoms with van der Waals surface area (Å²) in [5.41, 5.74) is 3.32. The summed E-state index contributed by atoms with van der Waals surface area (Å²) in [4.78, 5) is 48.5. The number of thioether (sulfide) groups is 1. The van der Waals surface area contributed by atoms with Crippen LogP contribution in [0.5, 0.6) is 0 Å². The quantitative estimate of drug-likeness (QED) is 0.197. The van der Waals surface area contributed by atoms with Crippen molar-refractivity contribution in [2.45, 2.75) is 0 Å². The molecule has 10 heteroatoms. The Kier molecular flexibility index (Phi) is 7.98. The van der Waals surface area contributed by atoms with E-state index in [1.807, 2.05) is 6.07 Å². The first kappa shape index (κ1) is 28.5. The highest BCUT2D eigenvalue weighted by molar-refractivity contribution is 8.14. The van der Waals surface area contributed by atoms with Gasteiger partial charge in [0.25, 0.3) is 5.91 Å². The Morgan fingerprint density at radius 3 is 2.36 bits per heavy atom. The van der Waals surface area contributed by atoms with Gasteiger partial charge in [-0.2, -0.15) is 0 Å². The van der Waals surface area contributed by atoms with Crippen molar-refractivity contribution in [2.75, 3.05) is 16.0 Å². The second-order valence-electron chi connectivity index (χ2n) is 9.71. The van der Waals surface area contributed by atoms with Crippen LogP contribution >= 0.6 is 11.8 Å². The minimum Gasteiger partial charge on any atom is -0.478 e. The monoisotopic (exact) mass is 602 g/mol. The number of amidine groups is 1. The lowest BCUT2D eigenvalue weighted by atomic mass is 10.0.